The zero-order valence-electron chi connectivity index (χ0n) is 13.7. The molecule has 3 rings (SSSR count). The van der Waals surface area contributed by atoms with Crippen LogP contribution in [0.3, 0.4) is 0 Å². The molecule has 3 heterocycles. The first-order valence-electron chi connectivity index (χ1n) is 8.14. The average Bonchev–Trinajstić information content (AvgIpc) is 3.06. The molecule has 0 spiro atoms. The van der Waals surface area contributed by atoms with E-state index in [0.29, 0.717) is 18.9 Å². The molecule has 2 atom stereocenters. The summed E-state index contributed by atoms with van der Waals surface area (Å²) in [6, 6.07) is 8.64. The molecule has 0 saturated carbocycles. The predicted octanol–water partition coefficient (Wildman–Crippen LogP) is 1.08. The van der Waals surface area contributed by atoms with Crippen molar-refractivity contribution in [3.8, 4) is 12.1 Å². The molecule has 24 heavy (non-hydrogen) atoms. The zero-order valence-corrected chi connectivity index (χ0v) is 13.7. The second kappa shape index (κ2) is 7.24. The quantitative estimate of drug-likeness (QED) is 0.811. The largest absolute Gasteiger partial charge is 0.350 e. The fourth-order valence-electron chi connectivity index (χ4n) is 3.16. The van der Waals surface area contributed by atoms with Crippen molar-refractivity contribution in [3.63, 3.8) is 0 Å². The Morgan fingerprint density at radius 3 is 2.96 bits per heavy atom. The monoisotopic (exact) mass is 324 g/mol. The molecule has 0 bridgehead atoms. The van der Waals surface area contributed by atoms with Crippen LogP contribution in [0.15, 0.2) is 18.5 Å². The van der Waals surface area contributed by atoms with E-state index in [1.165, 1.54) is 0 Å². The highest BCUT2D eigenvalue weighted by Gasteiger charge is 2.26. The van der Waals surface area contributed by atoms with Crippen LogP contribution in [0.1, 0.15) is 19.8 Å². The van der Waals surface area contributed by atoms with E-state index in [2.05, 4.69) is 44.2 Å². The van der Waals surface area contributed by atoms with Gasteiger partial charge < -0.3 is 4.90 Å². The van der Waals surface area contributed by atoms with E-state index in [4.69, 9.17) is 5.26 Å². The van der Waals surface area contributed by atoms with Gasteiger partial charge in [0, 0.05) is 38.6 Å². The maximum atomic E-state index is 9.24. The Bertz CT molecular complexity index is 770. The Morgan fingerprint density at radius 2 is 2.21 bits per heavy atom. The molecule has 1 aliphatic heterocycles. The van der Waals surface area contributed by atoms with Crippen LogP contribution >= 0.6 is 0 Å². The highest BCUT2D eigenvalue weighted by molar-refractivity contribution is 5.46. The molecule has 1 saturated heterocycles. The van der Waals surface area contributed by atoms with E-state index in [0.717, 1.165) is 37.6 Å². The molecule has 124 valence electrons. The van der Waals surface area contributed by atoms with Crippen molar-refractivity contribution in [2.45, 2.75) is 25.8 Å². The summed E-state index contributed by atoms with van der Waals surface area (Å²) in [5.41, 5.74) is 0.736. The third-order valence-electron chi connectivity index (χ3n) is 4.42. The van der Waals surface area contributed by atoms with Crippen LogP contribution in [0.2, 0.25) is 0 Å². The molecule has 1 aliphatic rings. The van der Waals surface area contributed by atoms with Crippen LogP contribution in [0.25, 0.3) is 5.65 Å². The molecular weight excluding hydrogens is 304 g/mol. The number of piperazine rings is 1. The van der Waals surface area contributed by atoms with Gasteiger partial charge in [0.15, 0.2) is 5.65 Å². The van der Waals surface area contributed by atoms with Crippen molar-refractivity contribution >= 4 is 11.5 Å². The molecule has 0 aliphatic carbocycles. The second-order valence-electron chi connectivity index (χ2n) is 6.15. The molecule has 0 amide bonds. The molecular formula is C16H20N8. The number of hydrogen-bond acceptors (Lipinski definition) is 7. The smallest absolute Gasteiger partial charge is 0.177 e. The van der Waals surface area contributed by atoms with E-state index in [9.17, 15) is 5.26 Å². The lowest BCUT2D eigenvalue weighted by atomic mass is 10.0. The highest BCUT2D eigenvalue weighted by Crippen LogP contribution is 2.19. The van der Waals surface area contributed by atoms with Gasteiger partial charge >= 0.3 is 0 Å². The first-order valence-corrected chi connectivity index (χ1v) is 8.14. The molecule has 0 aromatic carbocycles. The number of fused-ring (bicyclic) bond motifs is 1. The Labute approximate surface area is 140 Å². The van der Waals surface area contributed by atoms with E-state index >= 15 is 0 Å². The Hall–Kier alpha value is -2.71. The molecule has 8 heteroatoms. The van der Waals surface area contributed by atoms with Crippen LogP contribution in [0, 0.1) is 28.6 Å². The minimum absolute atomic E-state index is 0.0742. The lowest BCUT2D eigenvalue weighted by molar-refractivity contribution is 0.207. The number of aromatic nitrogens is 4. The summed E-state index contributed by atoms with van der Waals surface area (Å²) >= 11 is 0. The minimum Gasteiger partial charge on any atom is -0.350 e. The van der Waals surface area contributed by atoms with Gasteiger partial charge in [-0.3, -0.25) is 4.90 Å². The summed E-state index contributed by atoms with van der Waals surface area (Å²) in [5.74, 6) is 0.839. The summed E-state index contributed by atoms with van der Waals surface area (Å²) in [5, 5.41) is 30.3. The van der Waals surface area contributed by atoms with Crippen LogP contribution in [0.5, 0.6) is 0 Å². The fraction of sp³-hybridized carbons (Fsp3) is 0.562. The normalized spacial score (nSPS) is 19.8. The third-order valence-corrected chi connectivity index (χ3v) is 4.42. The highest BCUT2D eigenvalue weighted by atomic mass is 15.4. The van der Waals surface area contributed by atoms with Gasteiger partial charge in [0.05, 0.1) is 18.1 Å². The minimum atomic E-state index is -0.0742. The molecule has 2 unspecified atom stereocenters. The summed E-state index contributed by atoms with van der Waals surface area (Å²) in [6.45, 7) is 5.52. The van der Waals surface area contributed by atoms with Crippen molar-refractivity contribution in [2.24, 2.45) is 5.92 Å². The summed E-state index contributed by atoms with van der Waals surface area (Å²) in [4.78, 5) is 4.58. The maximum Gasteiger partial charge on any atom is 0.177 e. The first kappa shape index (κ1) is 16.2. The van der Waals surface area contributed by atoms with Gasteiger partial charge in [0.25, 0.3) is 0 Å². The van der Waals surface area contributed by atoms with Gasteiger partial charge in [-0.1, -0.05) is 0 Å². The van der Waals surface area contributed by atoms with Crippen LogP contribution < -0.4 is 4.90 Å². The number of nitrogens with zero attached hydrogens (tertiary/aromatic N) is 8. The lowest BCUT2D eigenvalue weighted by Crippen LogP contribution is -2.53. The standard InChI is InChI=1S/C16H20N8/c1-13-10-22(11-14(9-18)3-2-6-17)7-8-23(13)16-5-4-15-20-19-12-24(15)21-16/h4-5,12-14H,2-3,7-8,10-11H2,1H3. The van der Waals surface area contributed by atoms with Crippen molar-refractivity contribution in [1.29, 1.82) is 10.5 Å². The molecule has 2 aromatic heterocycles. The zero-order chi connectivity index (χ0) is 16.9. The van der Waals surface area contributed by atoms with Crippen LogP contribution in [-0.4, -0.2) is 56.9 Å². The van der Waals surface area contributed by atoms with E-state index < -0.39 is 0 Å². The average molecular weight is 324 g/mol. The molecule has 0 radical (unpaired) electrons. The number of hydrogen-bond donors (Lipinski definition) is 0. The van der Waals surface area contributed by atoms with E-state index in [1.54, 1.807) is 10.8 Å². The van der Waals surface area contributed by atoms with Crippen molar-refractivity contribution < 1.29 is 0 Å². The summed E-state index contributed by atoms with van der Waals surface area (Å²) in [7, 11) is 0. The van der Waals surface area contributed by atoms with Crippen molar-refractivity contribution in [1.82, 2.24) is 24.7 Å². The van der Waals surface area contributed by atoms with Gasteiger partial charge in [-0.05, 0) is 25.5 Å². The maximum absolute atomic E-state index is 9.24. The van der Waals surface area contributed by atoms with Crippen LogP contribution in [-0.2, 0) is 0 Å². The fourth-order valence-corrected chi connectivity index (χ4v) is 3.16. The summed E-state index contributed by atoms with van der Waals surface area (Å²) in [6.07, 6.45) is 2.69. The Balaban J connectivity index is 1.62. The van der Waals surface area contributed by atoms with Crippen molar-refractivity contribution in [2.75, 3.05) is 31.1 Å². The topological polar surface area (TPSA) is 97.1 Å². The van der Waals surface area contributed by atoms with Gasteiger partial charge in [-0.25, -0.2) is 0 Å². The first-order chi connectivity index (χ1) is 11.7. The third kappa shape index (κ3) is 3.44. The van der Waals surface area contributed by atoms with E-state index in [1.807, 2.05) is 12.1 Å². The van der Waals surface area contributed by atoms with Crippen molar-refractivity contribution in [3.05, 3.63) is 18.5 Å². The predicted molar refractivity (Wildman–Crippen MR) is 88.0 cm³/mol. The van der Waals surface area contributed by atoms with Gasteiger partial charge in [0.2, 0.25) is 0 Å². The number of rotatable bonds is 5. The number of nitriles is 2. The Kier molecular flexibility index (Phi) is 4.88. The SMILES string of the molecule is CC1CN(CC(C#N)CCC#N)CCN1c1ccc2nncn2n1. The van der Waals surface area contributed by atoms with E-state index in [-0.39, 0.29) is 5.92 Å². The number of anilines is 1. The van der Waals surface area contributed by atoms with Gasteiger partial charge in [-0.15, -0.1) is 15.3 Å². The lowest BCUT2D eigenvalue weighted by Gasteiger charge is -2.41. The molecule has 0 N–H and O–H groups in total. The van der Waals surface area contributed by atoms with Gasteiger partial charge in [-0.2, -0.15) is 15.0 Å². The molecule has 8 nitrogen and oxygen atoms in total. The van der Waals surface area contributed by atoms with Crippen LogP contribution in [0.4, 0.5) is 5.82 Å². The Morgan fingerprint density at radius 1 is 1.33 bits per heavy atom. The summed E-state index contributed by atoms with van der Waals surface area (Å²) < 4.78 is 1.68. The molecule has 1 fully saturated rings. The second-order valence-corrected chi connectivity index (χ2v) is 6.15. The van der Waals surface area contributed by atoms with Gasteiger partial charge in [0.1, 0.15) is 12.1 Å². The molecule has 2 aromatic rings.